The average Bonchev–Trinajstić information content (AvgIpc) is 2.95. The number of likely N-dealkylation sites (tertiary alicyclic amines) is 1. The molecule has 0 spiro atoms. The van der Waals surface area contributed by atoms with Crippen LogP contribution in [0.3, 0.4) is 0 Å². The Morgan fingerprint density at radius 1 is 1.24 bits per heavy atom. The summed E-state index contributed by atoms with van der Waals surface area (Å²) in [7, 11) is 0. The lowest BCUT2D eigenvalue weighted by atomic mass is 9.86. The van der Waals surface area contributed by atoms with Gasteiger partial charge in [-0.05, 0) is 58.8 Å². The molecule has 1 aromatic rings. The molecule has 0 bridgehead atoms. The van der Waals surface area contributed by atoms with E-state index in [1.54, 1.807) is 6.07 Å². The van der Waals surface area contributed by atoms with Crippen LogP contribution in [-0.4, -0.2) is 30.1 Å². The number of nitrogens with zero attached hydrogens (tertiary/aromatic N) is 1. The van der Waals surface area contributed by atoms with E-state index < -0.39 is 11.6 Å². The summed E-state index contributed by atoms with van der Waals surface area (Å²) in [6.07, 6.45) is 3.36. The largest absolute Gasteiger partial charge is 0.308 e. The molecule has 0 saturated carbocycles. The van der Waals surface area contributed by atoms with E-state index >= 15 is 0 Å². The molecule has 21 heavy (non-hydrogen) atoms. The van der Waals surface area contributed by atoms with Crippen LogP contribution < -0.4 is 5.32 Å². The predicted molar refractivity (Wildman–Crippen MR) is 82.3 cm³/mol. The molecule has 4 heteroatoms. The van der Waals surface area contributed by atoms with Crippen molar-refractivity contribution < 1.29 is 8.78 Å². The summed E-state index contributed by atoms with van der Waals surface area (Å²) in [6.45, 7) is 9.29. The highest BCUT2D eigenvalue weighted by atomic mass is 19.1. The van der Waals surface area contributed by atoms with Crippen molar-refractivity contribution in [3.8, 4) is 0 Å². The monoisotopic (exact) mass is 296 g/mol. The van der Waals surface area contributed by atoms with Crippen LogP contribution in [0.2, 0.25) is 0 Å². The molecule has 1 aromatic carbocycles. The summed E-state index contributed by atoms with van der Waals surface area (Å²) in [5, 5.41) is 3.46. The molecule has 1 heterocycles. The van der Waals surface area contributed by atoms with Gasteiger partial charge in [-0.3, -0.25) is 4.90 Å². The van der Waals surface area contributed by atoms with Gasteiger partial charge in [0.05, 0.1) is 6.04 Å². The number of nitrogens with one attached hydrogen (secondary N) is 1. The van der Waals surface area contributed by atoms with Crippen LogP contribution in [-0.2, 0) is 0 Å². The summed E-state index contributed by atoms with van der Waals surface area (Å²) < 4.78 is 27.4. The van der Waals surface area contributed by atoms with Gasteiger partial charge in [-0.25, -0.2) is 8.78 Å². The molecule has 1 aliphatic heterocycles. The standard InChI is InChI=1S/C17H26F2N2/c1-4-9-20-16(14-8-7-13(18)12-15(14)19)17(2,3)21-10-5-6-11-21/h7-8,12,16,20H,4-6,9-11H2,1-3H3. The van der Waals surface area contributed by atoms with E-state index in [-0.39, 0.29) is 11.6 Å². The van der Waals surface area contributed by atoms with Crippen LogP contribution in [0.5, 0.6) is 0 Å². The van der Waals surface area contributed by atoms with Crippen LogP contribution in [0.25, 0.3) is 0 Å². The third-order valence-electron chi connectivity index (χ3n) is 4.50. The van der Waals surface area contributed by atoms with Crippen LogP contribution in [0.15, 0.2) is 18.2 Å². The van der Waals surface area contributed by atoms with Crippen molar-refractivity contribution >= 4 is 0 Å². The quantitative estimate of drug-likeness (QED) is 0.857. The predicted octanol–water partition coefficient (Wildman–Crippen LogP) is 3.88. The van der Waals surface area contributed by atoms with Crippen molar-refractivity contribution in [2.45, 2.75) is 51.6 Å². The van der Waals surface area contributed by atoms with Crippen molar-refractivity contribution in [2.24, 2.45) is 0 Å². The van der Waals surface area contributed by atoms with Gasteiger partial charge in [0.25, 0.3) is 0 Å². The van der Waals surface area contributed by atoms with Gasteiger partial charge in [0.1, 0.15) is 11.6 Å². The Labute approximate surface area is 126 Å². The maximum absolute atomic E-state index is 14.2. The summed E-state index contributed by atoms with van der Waals surface area (Å²) in [4.78, 5) is 2.41. The molecule has 118 valence electrons. The van der Waals surface area contributed by atoms with Crippen molar-refractivity contribution in [1.82, 2.24) is 10.2 Å². The normalized spacial score (nSPS) is 18.1. The lowest BCUT2D eigenvalue weighted by Crippen LogP contribution is -2.52. The first-order chi connectivity index (χ1) is 9.96. The van der Waals surface area contributed by atoms with Crippen molar-refractivity contribution in [3.63, 3.8) is 0 Å². The molecule has 1 unspecified atom stereocenters. The molecule has 1 saturated heterocycles. The molecule has 2 nitrogen and oxygen atoms in total. The average molecular weight is 296 g/mol. The van der Waals surface area contributed by atoms with Crippen LogP contribution in [0, 0.1) is 11.6 Å². The maximum atomic E-state index is 14.2. The van der Waals surface area contributed by atoms with E-state index in [0.717, 1.165) is 32.1 Å². The third-order valence-corrected chi connectivity index (χ3v) is 4.50. The first-order valence-electron chi connectivity index (χ1n) is 7.90. The van der Waals surface area contributed by atoms with Gasteiger partial charge in [0.15, 0.2) is 0 Å². The fourth-order valence-electron chi connectivity index (χ4n) is 3.24. The van der Waals surface area contributed by atoms with Gasteiger partial charge in [-0.15, -0.1) is 0 Å². The minimum absolute atomic E-state index is 0.142. The fourth-order valence-corrected chi connectivity index (χ4v) is 3.24. The zero-order valence-electron chi connectivity index (χ0n) is 13.3. The lowest BCUT2D eigenvalue weighted by Gasteiger charge is -2.43. The first kappa shape index (κ1) is 16.4. The van der Waals surface area contributed by atoms with Crippen molar-refractivity contribution in [3.05, 3.63) is 35.4 Å². The third kappa shape index (κ3) is 3.61. The van der Waals surface area contributed by atoms with Gasteiger partial charge in [0.2, 0.25) is 0 Å². The Morgan fingerprint density at radius 2 is 1.90 bits per heavy atom. The second-order valence-corrected chi connectivity index (χ2v) is 6.40. The minimum atomic E-state index is -0.524. The Hall–Kier alpha value is -1.00. The number of halogens is 2. The zero-order valence-corrected chi connectivity index (χ0v) is 13.3. The number of benzene rings is 1. The summed E-state index contributed by atoms with van der Waals surface area (Å²) >= 11 is 0. The summed E-state index contributed by atoms with van der Waals surface area (Å²) in [5.41, 5.74) is 0.353. The fraction of sp³-hybridized carbons (Fsp3) is 0.647. The SMILES string of the molecule is CCCNC(c1ccc(F)cc1F)C(C)(C)N1CCCC1. The molecule has 1 fully saturated rings. The van der Waals surface area contributed by atoms with E-state index in [1.807, 2.05) is 0 Å². The second kappa shape index (κ2) is 6.84. The van der Waals surface area contributed by atoms with Gasteiger partial charge in [0, 0.05) is 17.2 Å². The van der Waals surface area contributed by atoms with Gasteiger partial charge >= 0.3 is 0 Å². The van der Waals surface area contributed by atoms with E-state index in [2.05, 4.69) is 31.0 Å². The molecule has 0 radical (unpaired) electrons. The van der Waals surface area contributed by atoms with Gasteiger partial charge in [-0.2, -0.15) is 0 Å². The Kier molecular flexibility index (Phi) is 5.33. The van der Waals surface area contributed by atoms with Crippen LogP contribution in [0.1, 0.15) is 51.6 Å². The Balaban J connectivity index is 2.32. The number of hydrogen-bond acceptors (Lipinski definition) is 2. The van der Waals surface area contributed by atoms with E-state index in [4.69, 9.17) is 0 Å². The lowest BCUT2D eigenvalue weighted by molar-refractivity contribution is 0.105. The summed E-state index contributed by atoms with van der Waals surface area (Å²) in [5.74, 6) is -0.986. The molecule has 0 amide bonds. The van der Waals surface area contributed by atoms with Crippen LogP contribution >= 0.6 is 0 Å². The van der Waals surface area contributed by atoms with E-state index in [0.29, 0.717) is 5.56 Å². The minimum Gasteiger partial charge on any atom is -0.308 e. The molecule has 0 aliphatic carbocycles. The number of hydrogen-bond donors (Lipinski definition) is 1. The highest BCUT2D eigenvalue weighted by molar-refractivity contribution is 5.25. The van der Waals surface area contributed by atoms with Crippen molar-refractivity contribution in [1.29, 1.82) is 0 Å². The molecule has 0 aromatic heterocycles. The van der Waals surface area contributed by atoms with E-state index in [9.17, 15) is 8.78 Å². The first-order valence-corrected chi connectivity index (χ1v) is 7.90. The highest BCUT2D eigenvalue weighted by Gasteiger charge is 2.38. The topological polar surface area (TPSA) is 15.3 Å². The number of rotatable bonds is 6. The molecule has 1 aliphatic rings. The second-order valence-electron chi connectivity index (χ2n) is 6.40. The summed E-state index contributed by atoms with van der Waals surface area (Å²) in [6, 6.07) is 3.77. The molecule has 1 atom stereocenters. The zero-order chi connectivity index (χ0) is 15.5. The maximum Gasteiger partial charge on any atom is 0.130 e. The molecule has 2 rings (SSSR count). The Morgan fingerprint density at radius 3 is 2.48 bits per heavy atom. The van der Waals surface area contributed by atoms with Crippen molar-refractivity contribution in [2.75, 3.05) is 19.6 Å². The molecular formula is C17H26F2N2. The molecular weight excluding hydrogens is 270 g/mol. The smallest absolute Gasteiger partial charge is 0.130 e. The Bertz CT molecular complexity index is 468. The van der Waals surface area contributed by atoms with Gasteiger partial charge < -0.3 is 5.32 Å². The van der Waals surface area contributed by atoms with Crippen LogP contribution in [0.4, 0.5) is 8.78 Å². The molecule has 1 N–H and O–H groups in total. The van der Waals surface area contributed by atoms with Gasteiger partial charge in [-0.1, -0.05) is 13.0 Å². The van der Waals surface area contributed by atoms with E-state index in [1.165, 1.54) is 18.9 Å². The highest BCUT2D eigenvalue weighted by Crippen LogP contribution is 2.34.